The van der Waals surface area contributed by atoms with E-state index in [4.69, 9.17) is 5.11 Å². The van der Waals surface area contributed by atoms with E-state index >= 15 is 0 Å². The number of nitrogens with zero attached hydrogens (tertiary/aromatic N) is 3. The van der Waals surface area contributed by atoms with E-state index in [9.17, 15) is 13.6 Å². The molecule has 2 aliphatic heterocycles. The molecule has 33 heavy (non-hydrogen) atoms. The monoisotopic (exact) mass is 453 g/mol. The lowest BCUT2D eigenvalue weighted by Crippen LogP contribution is -2.47. The van der Waals surface area contributed by atoms with Gasteiger partial charge in [0.1, 0.15) is 11.6 Å². The molecule has 2 aromatic carbocycles. The summed E-state index contributed by atoms with van der Waals surface area (Å²) < 4.78 is 28.7. The second-order valence-corrected chi connectivity index (χ2v) is 8.72. The molecule has 1 fully saturated rings. The van der Waals surface area contributed by atoms with Crippen molar-refractivity contribution in [3.63, 3.8) is 0 Å². The Morgan fingerprint density at radius 1 is 1.18 bits per heavy atom. The molecule has 1 aromatic heterocycles. The summed E-state index contributed by atoms with van der Waals surface area (Å²) in [6, 6.07) is 9.17. The number of benzene rings is 2. The summed E-state index contributed by atoms with van der Waals surface area (Å²) in [5.41, 5.74) is 4.97. The van der Waals surface area contributed by atoms with Crippen LogP contribution in [0.3, 0.4) is 0 Å². The largest absolute Gasteiger partial charge is 0.465 e. The molecule has 0 saturated carbocycles. The molecular formula is C24H25F2N5O2. The van der Waals surface area contributed by atoms with Crippen molar-refractivity contribution in [1.82, 2.24) is 20.4 Å². The Balaban J connectivity index is 1.46. The number of fused-ring (bicyclic) bond motifs is 1. The van der Waals surface area contributed by atoms with Crippen LogP contribution in [0.2, 0.25) is 0 Å². The maximum Gasteiger partial charge on any atom is 0.404 e. The number of rotatable bonds is 5. The molecule has 172 valence electrons. The van der Waals surface area contributed by atoms with Gasteiger partial charge in [-0.05, 0) is 60.8 Å². The number of aromatic nitrogens is 2. The van der Waals surface area contributed by atoms with Gasteiger partial charge in [-0.25, -0.2) is 13.6 Å². The summed E-state index contributed by atoms with van der Waals surface area (Å²) in [5.74, 6) is -0.965. The Bertz CT molecular complexity index is 1160. The average Bonchev–Trinajstić information content (AvgIpc) is 3.38. The Kier molecular flexibility index (Phi) is 5.72. The summed E-state index contributed by atoms with van der Waals surface area (Å²) in [7, 11) is 0. The minimum Gasteiger partial charge on any atom is -0.465 e. The summed E-state index contributed by atoms with van der Waals surface area (Å²) >= 11 is 0. The Labute approximate surface area is 190 Å². The van der Waals surface area contributed by atoms with Crippen molar-refractivity contribution >= 4 is 11.8 Å². The lowest BCUT2D eigenvalue weighted by atomic mass is 9.96. The van der Waals surface area contributed by atoms with Crippen molar-refractivity contribution in [1.29, 1.82) is 0 Å². The van der Waals surface area contributed by atoms with Crippen LogP contribution in [-0.4, -0.2) is 45.4 Å². The number of aromatic amines is 1. The minimum absolute atomic E-state index is 0.148. The number of likely N-dealkylation sites (tertiary alicyclic amines) is 1. The van der Waals surface area contributed by atoms with Crippen LogP contribution < -0.4 is 10.2 Å². The number of carboxylic acid groups (broad SMARTS) is 1. The molecule has 1 amide bonds. The van der Waals surface area contributed by atoms with Gasteiger partial charge in [-0.3, -0.25) is 10.00 Å². The van der Waals surface area contributed by atoms with Crippen molar-refractivity contribution in [2.45, 2.75) is 38.5 Å². The molecule has 9 heteroatoms. The van der Waals surface area contributed by atoms with Crippen LogP contribution >= 0.6 is 0 Å². The zero-order valence-corrected chi connectivity index (χ0v) is 18.0. The van der Waals surface area contributed by atoms with Crippen LogP contribution in [0.15, 0.2) is 42.6 Å². The molecule has 3 aromatic rings. The number of anilines is 1. The highest BCUT2D eigenvalue weighted by molar-refractivity contribution is 5.71. The SMILES string of the molecule is O=C(O)N[C@H]1CCCN(Cc2cc(N3Cc4cn[nH]c4C3)ccc2-c2cc(F)ccc2F)C1. The molecule has 0 aliphatic carbocycles. The standard InChI is InChI=1S/C24H25F2N5O2/c25-17-3-6-22(26)21(9-17)20-5-4-19(31-12-16-10-27-29-23(16)14-31)8-15(20)11-30-7-1-2-18(13-30)28-24(32)33/h3-6,8-10,18,28H,1-2,7,11-14H2,(H,27,29)(H,32,33)/t18-/m0/s1. The van der Waals surface area contributed by atoms with Crippen molar-refractivity contribution in [3.05, 3.63) is 71.1 Å². The highest BCUT2D eigenvalue weighted by Gasteiger charge is 2.25. The molecular weight excluding hydrogens is 428 g/mol. The van der Waals surface area contributed by atoms with Gasteiger partial charge in [0.25, 0.3) is 0 Å². The van der Waals surface area contributed by atoms with E-state index in [0.29, 0.717) is 25.2 Å². The molecule has 5 rings (SSSR count). The first-order valence-corrected chi connectivity index (χ1v) is 11.0. The van der Waals surface area contributed by atoms with Crippen molar-refractivity contribution in [2.24, 2.45) is 0 Å². The van der Waals surface area contributed by atoms with E-state index in [1.54, 1.807) is 0 Å². The average molecular weight is 453 g/mol. The molecule has 0 spiro atoms. The molecule has 0 radical (unpaired) electrons. The topological polar surface area (TPSA) is 84.5 Å². The van der Waals surface area contributed by atoms with E-state index in [2.05, 4.69) is 25.3 Å². The Morgan fingerprint density at radius 3 is 2.88 bits per heavy atom. The zero-order chi connectivity index (χ0) is 22.9. The van der Waals surface area contributed by atoms with Gasteiger partial charge in [-0.1, -0.05) is 6.07 Å². The summed E-state index contributed by atoms with van der Waals surface area (Å²) in [5, 5.41) is 18.8. The lowest BCUT2D eigenvalue weighted by molar-refractivity contribution is 0.160. The smallest absolute Gasteiger partial charge is 0.404 e. The first-order valence-electron chi connectivity index (χ1n) is 11.0. The predicted molar refractivity (Wildman–Crippen MR) is 120 cm³/mol. The second kappa shape index (κ2) is 8.82. The number of amides is 1. The fourth-order valence-corrected chi connectivity index (χ4v) is 4.85. The molecule has 0 bridgehead atoms. The van der Waals surface area contributed by atoms with Gasteiger partial charge < -0.3 is 15.3 Å². The second-order valence-electron chi connectivity index (χ2n) is 8.72. The predicted octanol–water partition coefficient (Wildman–Crippen LogP) is 4.11. The maximum absolute atomic E-state index is 14.7. The van der Waals surface area contributed by atoms with Gasteiger partial charge in [0.15, 0.2) is 0 Å². The first-order chi connectivity index (χ1) is 16.0. The van der Waals surface area contributed by atoms with Gasteiger partial charge >= 0.3 is 6.09 Å². The Morgan fingerprint density at radius 2 is 2.06 bits per heavy atom. The molecule has 2 aliphatic rings. The van der Waals surface area contributed by atoms with Crippen molar-refractivity contribution in [3.8, 4) is 11.1 Å². The van der Waals surface area contributed by atoms with Crippen LogP contribution in [0.25, 0.3) is 11.1 Å². The molecule has 1 saturated heterocycles. The van der Waals surface area contributed by atoms with Crippen LogP contribution in [0, 0.1) is 11.6 Å². The number of nitrogens with one attached hydrogen (secondary N) is 2. The molecule has 7 nitrogen and oxygen atoms in total. The van der Waals surface area contributed by atoms with Crippen molar-refractivity contribution in [2.75, 3.05) is 18.0 Å². The first kappa shape index (κ1) is 21.4. The van der Waals surface area contributed by atoms with Crippen LogP contribution in [0.4, 0.5) is 19.3 Å². The highest BCUT2D eigenvalue weighted by Crippen LogP contribution is 2.34. The number of halogens is 2. The van der Waals surface area contributed by atoms with E-state index in [1.165, 1.54) is 6.07 Å². The minimum atomic E-state index is -1.03. The summed E-state index contributed by atoms with van der Waals surface area (Å²) in [6.07, 6.45) is 2.45. The third kappa shape index (κ3) is 4.54. The van der Waals surface area contributed by atoms with Gasteiger partial charge in [0.05, 0.1) is 18.4 Å². The number of hydrogen-bond donors (Lipinski definition) is 3. The zero-order valence-electron chi connectivity index (χ0n) is 18.0. The highest BCUT2D eigenvalue weighted by atomic mass is 19.1. The number of hydrogen-bond acceptors (Lipinski definition) is 4. The van der Waals surface area contributed by atoms with Crippen LogP contribution in [0.1, 0.15) is 29.7 Å². The normalized spacial score (nSPS) is 18.4. The fourth-order valence-electron chi connectivity index (χ4n) is 4.85. The molecule has 0 unspecified atom stereocenters. The molecule has 3 heterocycles. The van der Waals surface area contributed by atoms with E-state index in [0.717, 1.165) is 60.6 Å². The third-order valence-electron chi connectivity index (χ3n) is 6.42. The lowest BCUT2D eigenvalue weighted by Gasteiger charge is -2.33. The van der Waals surface area contributed by atoms with E-state index in [1.807, 2.05) is 24.4 Å². The van der Waals surface area contributed by atoms with E-state index < -0.39 is 17.7 Å². The number of carbonyl (C=O) groups is 1. The summed E-state index contributed by atoms with van der Waals surface area (Å²) in [6.45, 7) is 3.33. The third-order valence-corrected chi connectivity index (χ3v) is 6.42. The number of H-pyrrole nitrogens is 1. The van der Waals surface area contributed by atoms with E-state index in [-0.39, 0.29) is 11.6 Å². The van der Waals surface area contributed by atoms with Gasteiger partial charge in [0, 0.05) is 42.5 Å². The molecule has 1 atom stereocenters. The van der Waals surface area contributed by atoms with Gasteiger partial charge in [-0.15, -0.1) is 0 Å². The molecule has 3 N–H and O–H groups in total. The van der Waals surface area contributed by atoms with Crippen LogP contribution in [-0.2, 0) is 19.6 Å². The quantitative estimate of drug-likeness (QED) is 0.542. The Hall–Kier alpha value is -3.46. The van der Waals surface area contributed by atoms with Gasteiger partial charge in [0.2, 0.25) is 0 Å². The fraction of sp³-hybridized carbons (Fsp3) is 0.333. The maximum atomic E-state index is 14.7. The number of piperidine rings is 1. The van der Waals surface area contributed by atoms with Crippen LogP contribution in [0.5, 0.6) is 0 Å². The van der Waals surface area contributed by atoms with Gasteiger partial charge in [-0.2, -0.15) is 5.10 Å². The van der Waals surface area contributed by atoms with Crippen molar-refractivity contribution < 1.29 is 18.7 Å². The summed E-state index contributed by atoms with van der Waals surface area (Å²) in [4.78, 5) is 15.5.